The number of rotatable bonds is 8. The molecule has 0 spiro atoms. The lowest BCUT2D eigenvalue weighted by atomic mass is 10.1. The second-order valence-electron chi connectivity index (χ2n) is 7.30. The highest BCUT2D eigenvalue weighted by Gasteiger charge is 2.16. The van der Waals surface area contributed by atoms with Crippen molar-refractivity contribution in [2.24, 2.45) is 0 Å². The summed E-state index contributed by atoms with van der Waals surface area (Å²) in [4.78, 5) is 29.2. The largest absolute Gasteiger partial charge is 0.353 e. The molecule has 1 fully saturated rings. The lowest BCUT2D eigenvalue weighted by molar-refractivity contribution is -0.121. The molecule has 0 aliphatic heterocycles. The number of carbonyl (C=O) groups excluding carboxylic acids is 2. The molecule has 1 saturated carbocycles. The number of benzene rings is 1. The molecule has 28 heavy (non-hydrogen) atoms. The number of ketones is 1. The number of nitrogens with one attached hydrogen (secondary N) is 1. The molecule has 0 saturated heterocycles. The van der Waals surface area contributed by atoms with E-state index in [0.717, 1.165) is 34.9 Å². The molecule has 0 unspecified atom stereocenters. The number of carbonyl (C=O) groups is 2. The number of hydrogen-bond donors (Lipinski definition) is 1. The first kappa shape index (κ1) is 21.1. The highest BCUT2D eigenvalue weighted by atomic mass is 32.2. The lowest BCUT2D eigenvalue weighted by Gasteiger charge is -2.15. The average Bonchev–Trinajstić information content (AvgIpc) is 2.99. The van der Waals surface area contributed by atoms with Crippen molar-refractivity contribution in [3.63, 3.8) is 0 Å². The zero-order chi connectivity index (χ0) is 19.8. The van der Waals surface area contributed by atoms with Gasteiger partial charge in [-0.25, -0.2) is 4.98 Å². The summed E-state index contributed by atoms with van der Waals surface area (Å²) in [5.74, 6) is 0.531. The van der Waals surface area contributed by atoms with Crippen molar-refractivity contribution < 1.29 is 9.59 Å². The van der Waals surface area contributed by atoms with E-state index >= 15 is 0 Å². The van der Waals surface area contributed by atoms with E-state index < -0.39 is 0 Å². The van der Waals surface area contributed by atoms with Gasteiger partial charge in [-0.05, 0) is 24.8 Å². The zero-order valence-electron chi connectivity index (χ0n) is 16.4. The Labute approximate surface area is 175 Å². The van der Waals surface area contributed by atoms with Gasteiger partial charge in [0.1, 0.15) is 0 Å². The monoisotopic (exact) mass is 416 g/mol. The molecule has 4 nitrogen and oxygen atoms in total. The fraction of sp³-hybridized carbons (Fsp3) is 0.500. The van der Waals surface area contributed by atoms with E-state index in [4.69, 9.17) is 0 Å². The minimum Gasteiger partial charge on any atom is -0.353 e. The van der Waals surface area contributed by atoms with Gasteiger partial charge >= 0.3 is 0 Å². The van der Waals surface area contributed by atoms with Crippen LogP contribution in [0.2, 0.25) is 0 Å². The molecule has 1 aliphatic rings. The van der Waals surface area contributed by atoms with E-state index in [1.165, 1.54) is 54.3 Å². The van der Waals surface area contributed by atoms with Gasteiger partial charge in [-0.3, -0.25) is 9.59 Å². The average molecular weight is 417 g/mol. The summed E-state index contributed by atoms with van der Waals surface area (Å²) in [6.07, 6.45) is 8.44. The van der Waals surface area contributed by atoms with Crippen LogP contribution in [0, 0.1) is 0 Å². The van der Waals surface area contributed by atoms with Gasteiger partial charge in [0.05, 0.1) is 17.9 Å². The van der Waals surface area contributed by atoms with Crippen LogP contribution in [-0.4, -0.2) is 28.5 Å². The number of aromatic nitrogens is 1. The van der Waals surface area contributed by atoms with Crippen molar-refractivity contribution in [3.8, 4) is 0 Å². The van der Waals surface area contributed by atoms with Gasteiger partial charge in [0.15, 0.2) is 10.1 Å². The van der Waals surface area contributed by atoms with Crippen molar-refractivity contribution in [3.05, 3.63) is 46.5 Å². The van der Waals surface area contributed by atoms with Gasteiger partial charge in [-0.15, -0.1) is 11.3 Å². The quantitative estimate of drug-likeness (QED) is 0.371. The number of amides is 1. The van der Waals surface area contributed by atoms with E-state index in [2.05, 4.69) is 17.2 Å². The molecule has 1 amide bonds. The lowest BCUT2D eigenvalue weighted by Crippen LogP contribution is -2.35. The van der Waals surface area contributed by atoms with Crippen molar-refractivity contribution in [1.82, 2.24) is 10.3 Å². The van der Waals surface area contributed by atoms with Crippen LogP contribution in [0.3, 0.4) is 0 Å². The van der Waals surface area contributed by atoms with Crippen LogP contribution in [0.5, 0.6) is 0 Å². The standard InChI is InChI=1S/C22H28N2O2S2/c1-2-16-9-11-17(12-10-16)20(25)15-28-22-24-19(14-27-22)13-21(26)23-18-7-5-3-4-6-8-18/h9-12,14,18H,2-8,13,15H2,1H3,(H,23,26). The molecule has 2 aromatic rings. The Morgan fingerprint density at radius 3 is 2.54 bits per heavy atom. The summed E-state index contributed by atoms with van der Waals surface area (Å²) in [5, 5.41) is 5.09. The van der Waals surface area contributed by atoms with Crippen LogP contribution in [-0.2, 0) is 17.6 Å². The molecule has 3 rings (SSSR count). The summed E-state index contributed by atoms with van der Waals surface area (Å²) in [5.41, 5.74) is 2.76. The van der Waals surface area contributed by atoms with Gasteiger partial charge in [0, 0.05) is 17.0 Å². The summed E-state index contributed by atoms with van der Waals surface area (Å²) in [7, 11) is 0. The maximum absolute atomic E-state index is 12.3. The number of nitrogens with zero attached hydrogens (tertiary/aromatic N) is 1. The first-order valence-corrected chi connectivity index (χ1v) is 12.0. The van der Waals surface area contributed by atoms with Crippen LogP contribution >= 0.6 is 23.1 Å². The van der Waals surface area contributed by atoms with Gasteiger partial charge in [-0.2, -0.15) is 0 Å². The summed E-state index contributed by atoms with van der Waals surface area (Å²) in [6.45, 7) is 2.10. The fourth-order valence-electron chi connectivity index (χ4n) is 3.44. The predicted octanol–water partition coefficient (Wildman–Crippen LogP) is 5.06. The van der Waals surface area contributed by atoms with E-state index in [1.807, 2.05) is 29.6 Å². The maximum atomic E-state index is 12.3. The molecule has 6 heteroatoms. The molecule has 0 radical (unpaired) electrons. The normalized spacial score (nSPS) is 15.2. The molecular formula is C22H28N2O2S2. The Bertz CT molecular complexity index is 778. The Morgan fingerprint density at radius 1 is 1.14 bits per heavy atom. The molecule has 0 atom stereocenters. The van der Waals surface area contributed by atoms with Crippen molar-refractivity contribution in [2.75, 3.05) is 5.75 Å². The highest BCUT2D eigenvalue weighted by Crippen LogP contribution is 2.24. The first-order chi connectivity index (χ1) is 13.6. The fourth-order valence-corrected chi connectivity index (χ4v) is 5.18. The summed E-state index contributed by atoms with van der Waals surface area (Å²) < 4.78 is 0.843. The Morgan fingerprint density at radius 2 is 1.86 bits per heavy atom. The van der Waals surface area contributed by atoms with E-state index in [1.54, 1.807) is 0 Å². The molecule has 150 valence electrons. The Hall–Kier alpha value is -1.66. The Balaban J connectivity index is 1.45. The van der Waals surface area contributed by atoms with Crippen LogP contribution < -0.4 is 5.32 Å². The zero-order valence-corrected chi connectivity index (χ0v) is 18.0. The van der Waals surface area contributed by atoms with Gasteiger partial charge in [0.25, 0.3) is 0 Å². The predicted molar refractivity (Wildman–Crippen MR) is 116 cm³/mol. The third kappa shape index (κ3) is 6.45. The third-order valence-electron chi connectivity index (χ3n) is 5.10. The van der Waals surface area contributed by atoms with E-state index in [-0.39, 0.29) is 11.7 Å². The molecule has 1 aromatic heterocycles. The minimum atomic E-state index is 0.0563. The summed E-state index contributed by atoms with van der Waals surface area (Å²) in [6, 6.07) is 8.12. The molecular weight excluding hydrogens is 388 g/mol. The molecule has 0 bridgehead atoms. The number of Topliss-reactive ketones (excluding diaryl/α,β-unsaturated/α-hetero) is 1. The number of thiazole rings is 1. The third-order valence-corrected chi connectivity index (χ3v) is 7.17. The molecule has 1 heterocycles. The number of aryl methyl sites for hydroxylation is 1. The molecule has 1 aromatic carbocycles. The van der Waals surface area contributed by atoms with Gasteiger partial charge in [-0.1, -0.05) is 68.6 Å². The molecule has 1 aliphatic carbocycles. The van der Waals surface area contributed by atoms with Gasteiger partial charge in [0.2, 0.25) is 5.91 Å². The second-order valence-corrected chi connectivity index (χ2v) is 9.38. The topological polar surface area (TPSA) is 59.1 Å². The van der Waals surface area contributed by atoms with Crippen LogP contribution in [0.25, 0.3) is 0 Å². The number of hydrogen-bond acceptors (Lipinski definition) is 5. The van der Waals surface area contributed by atoms with Gasteiger partial charge < -0.3 is 5.32 Å². The molecule has 1 N–H and O–H groups in total. The van der Waals surface area contributed by atoms with E-state index in [9.17, 15) is 9.59 Å². The van der Waals surface area contributed by atoms with E-state index in [0.29, 0.717) is 18.2 Å². The SMILES string of the molecule is CCc1ccc(C(=O)CSc2nc(CC(=O)NC3CCCCCC3)cs2)cc1. The number of thioether (sulfide) groups is 1. The first-order valence-electron chi connectivity index (χ1n) is 10.1. The van der Waals surface area contributed by atoms with Crippen LogP contribution in [0.15, 0.2) is 34.0 Å². The Kier molecular flexibility index (Phi) is 8.10. The summed E-state index contributed by atoms with van der Waals surface area (Å²) >= 11 is 2.95. The van der Waals surface area contributed by atoms with Crippen molar-refractivity contribution in [2.45, 2.75) is 68.7 Å². The maximum Gasteiger partial charge on any atom is 0.226 e. The van der Waals surface area contributed by atoms with Crippen molar-refractivity contribution >= 4 is 34.8 Å². The highest BCUT2D eigenvalue weighted by molar-refractivity contribution is 8.01. The van der Waals surface area contributed by atoms with Crippen molar-refractivity contribution in [1.29, 1.82) is 0 Å². The smallest absolute Gasteiger partial charge is 0.226 e. The second kappa shape index (κ2) is 10.8. The van der Waals surface area contributed by atoms with Crippen LogP contribution in [0.4, 0.5) is 0 Å². The van der Waals surface area contributed by atoms with Crippen LogP contribution in [0.1, 0.15) is 67.1 Å². The minimum absolute atomic E-state index is 0.0563.